The lowest BCUT2D eigenvalue weighted by atomic mass is 10.0. The summed E-state index contributed by atoms with van der Waals surface area (Å²) in [6, 6.07) is 6.26. The van der Waals surface area contributed by atoms with Gasteiger partial charge < -0.3 is 0 Å². The minimum atomic E-state index is 0.999. The zero-order chi connectivity index (χ0) is 11.0. The van der Waals surface area contributed by atoms with E-state index >= 15 is 0 Å². The van der Waals surface area contributed by atoms with Crippen LogP contribution < -0.4 is 0 Å². The summed E-state index contributed by atoms with van der Waals surface area (Å²) in [5, 5.41) is 1.25. The summed E-state index contributed by atoms with van der Waals surface area (Å²) in [6.07, 6.45) is 0.999. The first-order chi connectivity index (χ1) is 7.13. The van der Waals surface area contributed by atoms with Crippen molar-refractivity contribution in [3.05, 3.63) is 39.5 Å². The van der Waals surface area contributed by atoms with Crippen molar-refractivity contribution in [3.63, 3.8) is 0 Å². The fourth-order valence-corrected chi connectivity index (χ4v) is 2.26. The van der Waals surface area contributed by atoms with Crippen molar-refractivity contribution >= 4 is 26.8 Å². The Hall–Kier alpha value is -0.890. The molecule has 0 saturated carbocycles. The molecule has 0 saturated heterocycles. The summed E-state index contributed by atoms with van der Waals surface area (Å²) in [7, 11) is 0. The van der Waals surface area contributed by atoms with Crippen LogP contribution in [0.5, 0.6) is 0 Å². The van der Waals surface area contributed by atoms with Gasteiger partial charge in [0, 0.05) is 15.6 Å². The van der Waals surface area contributed by atoms with Crippen molar-refractivity contribution in [1.82, 2.24) is 4.98 Å². The first-order valence-electron chi connectivity index (χ1n) is 5.18. The molecule has 0 spiro atoms. The molecule has 2 heteroatoms. The van der Waals surface area contributed by atoms with Gasteiger partial charge in [0.05, 0.1) is 5.52 Å². The van der Waals surface area contributed by atoms with Gasteiger partial charge in [0.25, 0.3) is 0 Å². The smallest absolute Gasteiger partial charge is 0.0708 e. The highest BCUT2D eigenvalue weighted by molar-refractivity contribution is 9.10. The van der Waals surface area contributed by atoms with Crippen molar-refractivity contribution in [1.29, 1.82) is 0 Å². The van der Waals surface area contributed by atoms with Crippen LogP contribution in [-0.2, 0) is 6.42 Å². The van der Waals surface area contributed by atoms with Gasteiger partial charge in [-0.05, 0) is 49.6 Å². The van der Waals surface area contributed by atoms with Crippen LogP contribution in [-0.4, -0.2) is 4.98 Å². The van der Waals surface area contributed by atoms with Crippen LogP contribution in [0.15, 0.2) is 22.7 Å². The van der Waals surface area contributed by atoms with Gasteiger partial charge in [0.2, 0.25) is 0 Å². The normalized spacial score (nSPS) is 10.9. The van der Waals surface area contributed by atoms with Crippen LogP contribution in [0.25, 0.3) is 10.9 Å². The van der Waals surface area contributed by atoms with E-state index in [9.17, 15) is 0 Å². The molecule has 1 aromatic heterocycles. The van der Waals surface area contributed by atoms with Gasteiger partial charge in [-0.3, -0.25) is 4.98 Å². The summed E-state index contributed by atoms with van der Waals surface area (Å²) in [5.41, 5.74) is 4.97. The van der Waals surface area contributed by atoms with Crippen molar-refractivity contribution < 1.29 is 0 Å². The summed E-state index contributed by atoms with van der Waals surface area (Å²) < 4.78 is 1.11. The molecular formula is C13H14BrN. The van der Waals surface area contributed by atoms with Gasteiger partial charge in [-0.2, -0.15) is 0 Å². The van der Waals surface area contributed by atoms with Crippen molar-refractivity contribution in [3.8, 4) is 0 Å². The molecule has 1 heterocycles. The van der Waals surface area contributed by atoms with Gasteiger partial charge in [-0.15, -0.1) is 0 Å². The number of halogens is 1. The lowest BCUT2D eigenvalue weighted by Crippen LogP contribution is -1.96. The molecule has 1 nitrogen and oxygen atoms in total. The zero-order valence-electron chi connectivity index (χ0n) is 9.26. The highest BCUT2D eigenvalue weighted by Crippen LogP contribution is 2.25. The third-order valence-electron chi connectivity index (χ3n) is 2.95. The van der Waals surface area contributed by atoms with Crippen LogP contribution >= 0.6 is 15.9 Å². The average molecular weight is 264 g/mol. The average Bonchev–Trinajstić information content (AvgIpc) is 2.24. The van der Waals surface area contributed by atoms with E-state index < -0.39 is 0 Å². The molecule has 1 aromatic carbocycles. The topological polar surface area (TPSA) is 12.9 Å². The molecule has 0 aliphatic rings. The molecule has 0 aliphatic heterocycles. The third-order valence-corrected chi connectivity index (χ3v) is 3.44. The number of aromatic nitrogens is 1. The lowest BCUT2D eigenvalue weighted by Gasteiger charge is -2.10. The molecule has 2 rings (SSSR count). The Kier molecular flexibility index (Phi) is 2.79. The Balaban J connectivity index is 2.84. The first-order valence-corrected chi connectivity index (χ1v) is 5.98. The molecule has 0 atom stereocenters. The third kappa shape index (κ3) is 1.78. The van der Waals surface area contributed by atoms with Crippen LogP contribution in [0.1, 0.15) is 23.7 Å². The van der Waals surface area contributed by atoms with Crippen LogP contribution in [0.3, 0.4) is 0 Å². The van der Waals surface area contributed by atoms with E-state index in [0.717, 1.165) is 16.4 Å². The number of hydrogen-bond acceptors (Lipinski definition) is 1. The predicted molar refractivity (Wildman–Crippen MR) is 68.3 cm³/mol. The van der Waals surface area contributed by atoms with E-state index in [0.29, 0.717) is 0 Å². The van der Waals surface area contributed by atoms with Gasteiger partial charge in [-0.1, -0.05) is 22.9 Å². The molecule has 0 bridgehead atoms. The number of hydrogen-bond donors (Lipinski definition) is 0. The summed E-state index contributed by atoms with van der Waals surface area (Å²) >= 11 is 3.50. The van der Waals surface area contributed by atoms with Gasteiger partial charge >= 0.3 is 0 Å². The fourth-order valence-electron chi connectivity index (χ4n) is 1.90. The van der Waals surface area contributed by atoms with E-state index in [2.05, 4.69) is 53.8 Å². The van der Waals surface area contributed by atoms with E-state index in [1.165, 1.54) is 22.2 Å². The molecule has 0 radical (unpaired) electrons. The Bertz CT molecular complexity index is 517. The molecule has 78 valence electrons. The summed E-state index contributed by atoms with van der Waals surface area (Å²) in [6.45, 7) is 6.48. The number of rotatable bonds is 1. The SMILES string of the molecule is CCc1nc2ccc(Br)cc2c(C)c1C. The standard InChI is InChI=1S/C13H14BrN/c1-4-12-9(3)8(2)11-7-10(14)5-6-13(11)15-12/h5-7H,4H2,1-3H3. The fraction of sp³-hybridized carbons (Fsp3) is 0.308. The molecule has 15 heavy (non-hydrogen) atoms. The van der Waals surface area contributed by atoms with E-state index in [1.54, 1.807) is 0 Å². The quantitative estimate of drug-likeness (QED) is 0.753. The zero-order valence-corrected chi connectivity index (χ0v) is 10.9. The highest BCUT2D eigenvalue weighted by Gasteiger charge is 2.07. The number of fused-ring (bicyclic) bond motifs is 1. The van der Waals surface area contributed by atoms with E-state index in [4.69, 9.17) is 0 Å². The van der Waals surface area contributed by atoms with Crippen LogP contribution in [0, 0.1) is 13.8 Å². The van der Waals surface area contributed by atoms with E-state index in [1.807, 2.05) is 6.07 Å². The minimum Gasteiger partial charge on any atom is -0.253 e. The molecule has 0 N–H and O–H groups in total. The molecule has 2 aromatic rings. The molecule has 0 fully saturated rings. The number of nitrogens with zero attached hydrogens (tertiary/aromatic N) is 1. The first kappa shape index (κ1) is 10.6. The highest BCUT2D eigenvalue weighted by atomic mass is 79.9. The Morgan fingerprint density at radius 2 is 1.93 bits per heavy atom. The predicted octanol–water partition coefficient (Wildman–Crippen LogP) is 4.18. The molecule has 0 amide bonds. The Morgan fingerprint density at radius 3 is 2.60 bits per heavy atom. The maximum absolute atomic E-state index is 4.67. The van der Waals surface area contributed by atoms with Crippen molar-refractivity contribution in [2.75, 3.05) is 0 Å². The van der Waals surface area contributed by atoms with Crippen LogP contribution in [0.4, 0.5) is 0 Å². The minimum absolute atomic E-state index is 0.999. The summed E-state index contributed by atoms with van der Waals surface area (Å²) in [4.78, 5) is 4.67. The van der Waals surface area contributed by atoms with Gasteiger partial charge in [0.15, 0.2) is 0 Å². The number of aryl methyl sites for hydroxylation is 2. The maximum atomic E-state index is 4.67. The van der Waals surface area contributed by atoms with Crippen LogP contribution in [0.2, 0.25) is 0 Å². The molecular weight excluding hydrogens is 250 g/mol. The monoisotopic (exact) mass is 263 g/mol. The molecule has 0 aliphatic carbocycles. The van der Waals surface area contributed by atoms with E-state index in [-0.39, 0.29) is 0 Å². The summed E-state index contributed by atoms with van der Waals surface area (Å²) in [5.74, 6) is 0. The maximum Gasteiger partial charge on any atom is 0.0708 e. The second-order valence-electron chi connectivity index (χ2n) is 3.82. The molecule has 0 unspecified atom stereocenters. The number of benzene rings is 1. The van der Waals surface area contributed by atoms with Crippen molar-refractivity contribution in [2.24, 2.45) is 0 Å². The van der Waals surface area contributed by atoms with Gasteiger partial charge in [-0.25, -0.2) is 0 Å². The number of pyridine rings is 1. The Labute approximate surface area is 98.7 Å². The second-order valence-corrected chi connectivity index (χ2v) is 4.74. The largest absolute Gasteiger partial charge is 0.253 e. The van der Waals surface area contributed by atoms with Gasteiger partial charge in [0.1, 0.15) is 0 Å². The Morgan fingerprint density at radius 1 is 1.20 bits per heavy atom. The lowest BCUT2D eigenvalue weighted by molar-refractivity contribution is 1.02. The van der Waals surface area contributed by atoms with Crippen molar-refractivity contribution in [2.45, 2.75) is 27.2 Å². The second kappa shape index (κ2) is 3.93.